The molecule has 2 aliphatic heterocycles. The van der Waals surface area contributed by atoms with Gasteiger partial charge >= 0.3 is 5.97 Å². The van der Waals surface area contributed by atoms with Crippen LogP contribution >= 0.6 is 0 Å². The van der Waals surface area contributed by atoms with Crippen LogP contribution in [0.5, 0.6) is 0 Å². The lowest BCUT2D eigenvalue weighted by Gasteiger charge is -2.24. The second kappa shape index (κ2) is 6.86. The van der Waals surface area contributed by atoms with E-state index in [9.17, 15) is 9.59 Å². The van der Waals surface area contributed by atoms with Crippen molar-refractivity contribution in [1.82, 2.24) is 15.5 Å². The maximum absolute atomic E-state index is 11.7. The fraction of sp³-hybridized carbons (Fsp3) is 0.846. The highest BCUT2D eigenvalue weighted by Gasteiger charge is 2.34. The third kappa shape index (κ3) is 4.47. The van der Waals surface area contributed by atoms with Gasteiger partial charge in [-0.1, -0.05) is 0 Å². The number of rotatable bonds is 6. The Hall–Kier alpha value is -1.14. The van der Waals surface area contributed by atoms with E-state index in [0.29, 0.717) is 31.5 Å². The lowest BCUT2D eigenvalue weighted by Crippen LogP contribution is -2.41. The first-order valence-electron chi connectivity index (χ1n) is 7.09. The molecular weight excluding hydrogens is 246 g/mol. The zero-order chi connectivity index (χ0) is 13.7. The van der Waals surface area contributed by atoms with E-state index >= 15 is 0 Å². The fourth-order valence-electron chi connectivity index (χ4n) is 2.99. The summed E-state index contributed by atoms with van der Waals surface area (Å²) in [4.78, 5) is 24.3. The maximum Gasteiger partial charge on any atom is 0.303 e. The number of fused-ring (bicyclic) bond motifs is 1. The second-order valence-corrected chi connectivity index (χ2v) is 5.50. The number of hydrogen-bond donors (Lipinski definition) is 3. The lowest BCUT2D eigenvalue weighted by atomic mass is 9.94. The molecule has 2 heterocycles. The summed E-state index contributed by atoms with van der Waals surface area (Å²) in [5.74, 6) is -0.124. The van der Waals surface area contributed by atoms with Crippen molar-refractivity contribution in [2.24, 2.45) is 5.92 Å². The molecule has 2 atom stereocenters. The Kier molecular flexibility index (Phi) is 5.15. The molecule has 3 N–H and O–H groups in total. The highest BCUT2D eigenvalue weighted by Crippen LogP contribution is 2.24. The average molecular weight is 269 g/mol. The zero-order valence-corrected chi connectivity index (χ0v) is 11.2. The van der Waals surface area contributed by atoms with Crippen LogP contribution in [0.15, 0.2) is 0 Å². The molecule has 2 aliphatic rings. The molecule has 19 heavy (non-hydrogen) atoms. The number of piperidine rings is 1. The van der Waals surface area contributed by atoms with Crippen molar-refractivity contribution in [3.63, 3.8) is 0 Å². The summed E-state index contributed by atoms with van der Waals surface area (Å²) >= 11 is 0. The van der Waals surface area contributed by atoms with Gasteiger partial charge in [-0.2, -0.15) is 0 Å². The molecule has 0 aromatic carbocycles. The number of carboxylic acids is 1. The van der Waals surface area contributed by atoms with Crippen LogP contribution < -0.4 is 10.6 Å². The van der Waals surface area contributed by atoms with Gasteiger partial charge < -0.3 is 15.7 Å². The molecule has 2 rings (SSSR count). The molecule has 0 bridgehead atoms. The van der Waals surface area contributed by atoms with Crippen LogP contribution in [0.2, 0.25) is 0 Å². The SMILES string of the molecule is O=C(O)CCCNC(=O)CN1CC2CCCNC2C1. The van der Waals surface area contributed by atoms with Gasteiger partial charge in [-0.3, -0.25) is 14.5 Å². The van der Waals surface area contributed by atoms with E-state index in [-0.39, 0.29) is 12.3 Å². The molecule has 0 saturated carbocycles. The number of amides is 1. The van der Waals surface area contributed by atoms with Crippen LogP contribution in [0, 0.1) is 5.92 Å². The molecule has 108 valence electrons. The Morgan fingerprint density at radius 3 is 2.95 bits per heavy atom. The van der Waals surface area contributed by atoms with Gasteiger partial charge in [0.15, 0.2) is 0 Å². The largest absolute Gasteiger partial charge is 0.481 e. The van der Waals surface area contributed by atoms with Crippen LogP contribution in [0.25, 0.3) is 0 Å². The molecule has 2 fully saturated rings. The van der Waals surface area contributed by atoms with Crippen LogP contribution in [0.1, 0.15) is 25.7 Å². The van der Waals surface area contributed by atoms with E-state index in [1.165, 1.54) is 12.8 Å². The van der Waals surface area contributed by atoms with Crippen LogP contribution in [-0.4, -0.2) is 60.6 Å². The van der Waals surface area contributed by atoms with Crippen LogP contribution in [-0.2, 0) is 9.59 Å². The third-order valence-electron chi connectivity index (χ3n) is 3.93. The molecule has 2 saturated heterocycles. The topological polar surface area (TPSA) is 81.7 Å². The van der Waals surface area contributed by atoms with E-state index in [4.69, 9.17) is 5.11 Å². The predicted molar refractivity (Wildman–Crippen MR) is 70.8 cm³/mol. The Bertz CT molecular complexity index is 321. The molecule has 6 heteroatoms. The van der Waals surface area contributed by atoms with Gasteiger partial charge in [-0.25, -0.2) is 0 Å². The summed E-state index contributed by atoms with van der Waals surface area (Å²) < 4.78 is 0. The number of carbonyl (C=O) groups excluding carboxylic acids is 1. The van der Waals surface area contributed by atoms with Crippen molar-refractivity contribution in [3.05, 3.63) is 0 Å². The van der Waals surface area contributed by atoms with Gasteiger partial charge in [0.2, 0.25) is 5.91 Å². The minimum Gasteiger partial charge on any atom is -0.481 e. The van der Waals surface area contributed by atoms with Crippen LogP contribution in [0.3, 0.4) is 0 Å². The Morgan fingerprint density at radius 2 is 2.21 bits per heavy atom. The van der Waals surface area contributed by atoms with E-state index in [1.807, 2.05) is 0 Å². The van der Waals surface area contributed by atoms with Crippen LogP contribution in [0.4, 0.5) is 0 Å². The zero-order valence-electron chi connectivity index (χ0n) is 11.2. The summed E-state index contributed by atoms with van der Waals surface area (Å²) in [6.45, 7) is 3.93. The smallest absolute Gasteiger partial charge is 0.303 e. The number of likely N-dealkylation sites (tertiary alicyclic amines) is 1. The number of hydrogen-bond acceptors (Lipinski definition) is 4. The van der Waals surface area contributed by atoms with Gasteiger partial charge in [0.1, 0.15) is 0 Å². The first kappa shape index (κ1) is 14.3. The van der Waals surface area contributed by atoms with Crippen molar-refractivity contribution in [3.8, 4) is 0 Å². The highest BCUT2D eigenvalue weighted by atomic mass is 16.4. The summed E-state index contributed by atoms with van der Waals surface area (Å²) in [6, 6.07) is 0.550. The first-order valence-corrected chi connectivity index (χ1v) is 7.09. The minimum absolute atomic E-state index is 0.00374. The van der Waals surface area contributed by atoms with Gasteiger partial charge in [0.05, 0.1) is 6.54 Å². The van der Waals surface area contributed by atoms with E-state index in [2.05, 4.69) is 15.5 Å². The Morgan fingerprint density at radius 1 is 1.37 bits per heavy atom. The van der Waals surface area contributed by atoms with E-state index in [1.54, 1.807) is 0 Å². The van der Waals surface area contributed by atoms with E-state index in [0.717, 1.165) is 19.6 Å². The summed E-state index contributed by atoms with van der Waals surface area (Å²) in [7, 11) is 0. The van der Waals surface area contributed by atoms with Crippen molar-refractivity contribution < 1.29 is 14.7 Å². The van der Waals surface area contributed by atoms with Gasteiger partial charge in [0, 0.05) is 32.1 Å². The maximum atomic E-state index is 11.7. The standard InChI is InChI=1S/C13H23N3O3/c17-12(15-6-2-4-13(18)19)9-16-7-10-3-1-5-14-11(10)8-16/h10-11,14H,1-9H2,(H,15,17)(H,18,19). The van der Waals surface area contributed by atoms with Gasteiger partial charge in [-0.05, 0) is 31.7 Å². The Balaban J connectivity index is 1.62. The van der Waals surface area contributed by atoms with Crippen molar-refractivity contribution in [2.45, 2.75) is 31.7 Å². The number of aliphatic carboxylic acids is 1. The second-order valence-electron chi connectivity index (χ2n) is 5.50. The summed E-state index contributed by atoms with van der Waals surface area (Å²) in [6.07, 6.45) is 3.09. The summed E-state index contributed by atoms with van der Waals surface area (Å²) in [5.41, 5.74) is 0. The third-order valence-corrected chi connectivity index (χ3v) is 3.93. The summed E-state index contributed by atoms with van der Waals surface area (Å²) in [5, 5.41) is 14.8. The van der Waals surface area contributed by atoms with Crippen molar-refractivity contribution >= 4 is 11.9 Å². The molecule has 0 aliphatic carbocycles. The van der Waals surface area contributed by atoms with Gasteiger partial charge in [0.25, 0.3) is 0 Å². The molecule has 0 aromatic heterocycles. The molecular formula is C13H23N3O3. The van der Waals surface area contributed by atoms with E-state index < -0.39 is 5.97 Å². The molecule has 0 aromatic rings. The predicted octanol–water partition coefficient (Wildman–Crippen LogP) is -0.349. The van der Waals surface area contributed by atoms with Crippen molar-refractivity contribution in [1.29, 1.82) is 0 Å². The quantitative estimate of drug-likeness (QED) is 0.574. The number of nitrogens with one attached hydrogen (secondary N) is 2. The molecule has 2 unspecified atom stereocenters. The Labute approximate surface area is 113 Å². The fourth-order valence-corrected chi connectivity index (χ4v) is 2.99. The molecule has 0 radical (unpaired) electrons. The minimum atomic E-state index is -0.816. The highest BCUT2D eigenvalue weighted by molar-refractivity contribution is 5.78. The monoisotopic (exact) mass is 269 g/mol. The lowest BCUT2D eigenvalue weighted by molar-refractivity contribution is -0.137. The number of carbonyl (C=O) groups is 2. The molecule has 6 nitrogen and oxygen atoms in total. The van der Waals surface area contributed by atoms with Crippen molar-refractivity contribution in [2.75, 3.05) is 32.7 Å². The molecule has 0 spiro atoms. The number of nitrogens with zero attached hydrogens (tertiary/aromatic N) is 1. The number of carboxylic acid groups (broad SMARTS) is 1. The normalized spacial score (nSPS) is 26.9. The molecule has 1 amide bonds. The average Bonchev–Trinajstić information content (AvgIpc) is 2.76. The first-order chi connectivity index (χ1) is 9.15. The van der Waals surface area contributed by atoms with Gasteiger partial charge in [-0.15, -0.1) is 0 Å².